The molecular weight excluding hydrogens is 574 g/mol. The summed E-state index contributed by atoms with van der Waals surface area (Å²) in [5.74, 6) is 0.0938. The van der Waals surface area contributed by atoms with Crippen LogP contribution in [0, 0.1) is 0 Å². The quantitative estimate of drug-likeness (QED) is 0.260. The summed E-state index contributed by atoms with van der Waals surface area (Å²) in [6.45, 7) is 5.60. The van der Waals surface area contributed by atoms with Crippen LogP contribution in [-0.2, 0) is 6.42 Å². The van der Waals surface area contributed by atoms with Crippen LogP contribution in [0.25, 0.3) is 10.4 Å². The lowest BCUT2D eigenvalue weighted by Gasteiger charge is -2.24. The molecule has 4 heterocycles. The van der Waals surface area contributed by atoms with Crippen molar-refractivity contribution in [3.8, 4) is 10.4 Å². The van der Waals surface area contributed by atoms with Crippen LogP contribution in [0.5, 0.6) is 0 Å². The van der Waals surface area contributed by atoms with Gasteiger partial charge in [0.15, 0.2) is 0 Å². The van der Waals surface area contributed by atoms with Gasteiger partial charge in [0.05, 0.1) is 28.3 Å². The number of fused-ring (bicyclic) bond motifs is 3. The van der Waals surface area contributed by atoms with Crippen molar-refractivity contribution in [3.05, 3.63) is 94.5 Å². The number of nitrogens with zero attached hydrogens (tertiary/aromatic N) is 3. The Labute approximate surface area is 260 Å². The van der Waals surface area contributed by atoms with Crippen LogP contribution < -0.4 is 20.4 Å². The van der Waals surface area contributed by atoms with E-state index in [0.717, 1.165) is 47.6 Å². The zero-order valence-electron chi connectivity index (χ0n) is 24.8. The first kappa shape index (κ1) is 29.5. The van der Waals surface area contributed by atoms with Gasteiger partial charge in [0.1, 0.15) is 5.82 Å². The van der Waals surface area contributed by atoms with Crippen LogP contribution in [0.3, 0.4) is 0 Å². The van der Waals surface area contributed by atoms with Crippen molar-refractivity contribution in [2.45, 2.75) is 38.6 Å². The number of anilines is 3. The lowest BCUT2D eigenvalue weighted by atomic mass is 10.1. The molecule has 44 heavy (non-hydrogen) atoms. The van der Waals surface area contributed by atoms with Crippen molar-refractivity contribution in [1.82, 2.24) is 10.3 Å². The summed E-state index contributed by atoms with van der Waals surface area (Å²) in [5.41, 5.74) is 3.59. The van der Waals surface area contributed by atoms with Gasteiger partial charge in [-0.1, -0.05) is 18.2 Å². The fourth-order valence-corrected chi connectivity index (χ4v) is 6.77. The summed E-state index contributed by atoms with van der Waals surface area (Å²) < 4.78 is 0. The van der Waals surface area contributed by atoms with E-state index >= 15 is 0 Å². The lowest BCUT2D eigenvalue weighted by molar-refractivity contribution is 0.0872. The van der Waals surface area contributed by atoms with Crippen LogP contribution in [0.1, 0.15) is 62.6 Å². The molecule has 2 aliphatic heterocycles. The molecule has 0 aliphatic carbocycles. The highest BCUT2D eigenvalue weighted by Crippen LogP contribution is 2.42. The van der Waals surface area contributed by atoms with E-state index in [9.17, 15) is 19.5 Å². The highest BCUT2D eigenvalue weighted by Gasteiger charge is 2.29. The third-order valence-corrected chi connectivity index (χ3v) is 9.21. The van der Waals surface area contributed by atoms with Gasteiger partial charge in [-0.05, 0) is 87.2 Å². The first-order valence-corrected chi connectivity index (χ1v) is 15.6. The van der Waals surface area contributed by atoms with Gasteiger partial charge in [0.2, 0.25) is 0 Å². The van der Waals surface area contributed by atoms with Gasteiger partial charge in [-0.3, -0.25) is 14.4 Å². The Bertz CT molecular complexity index is 1710. The Kier molecular flexibility index (Phi) is 8.20. The summed E-state index contributed by atoms with van der Waals surface area (Å²) >= 11 is 1.40. The van der Waals surface area contributed by atoms with Crippen molar-refractivity contribution in [2.75, 3.05) is 41.4 Å². The standard InChI is InChI=1S/C34H35N5O4S/c1-34(2,21-40)37-32(42)28-20-23-15-19-39(27-10-4-3-8-25(27)29(23)44-28)33(43)22-11-13-24(14-12-22)36-31(41)26-9-7-16-35-30(26)38-17-5-6-18-38/h3-4,7-14,16,20,40H,5-6,15,17-19,21H2,1-2H3,(H,36,41)(H,37,42). The van der Waals surface area contributed by atoms with Crippen LogP contribution in [0.2, 0.25) is 0 Å². The Morgan fingerprint density at radius 3 is 2.45 bits per heavy atom. The van der Waals surface area contributed by atoms with Gasteiger partial charge < -0.3 is 25.5 Å². The molecular formula is C34H35N5O4S. The van der Waals surface area contributed by atoms with E-state index in [0.29, 0.717) is 40.5 Å². The predicted octanol–water partition coefficient (Wildman–Crippen LogP) is 5.37. The average molecular weight is 610 g/mol. The second-order valence-electron chi connectivity index (χ2n) is 11.8. The highest BCUT2D eigenvalue weighted by atomic mass is 32.1. The smallest absolute Gasteiger partial charge is 0.261 e. The Hall–Kier alpha value is -4.54. The van der Waals surface area contributed by atoms with Gasteiger partial charge in [0.25, 0.3) is 17.7 Å². The van der Waals surface area contributed by atoms with E-state index in [1.54, 1.807) is 61.3 Å². The number of amides is 3. The number of carbonyl (C=O) groups is 3. The maximum atomic E-state index is 13.8. The molecule has 3 N–H and O–H groups in total. The Morgan fingerprint density at radius 2 is 1.70 bits per heavy atom. The number of aromatic nitrogens is 1. The van der Waals surface area contributed by atoms with Crippen LogP contribution in [0.15, 0.2) is 72.9 Å². The normalized spacial score (nSPS) is 14.4. The Balaban J connectivity index is 1.20. The number of hydrogen-bond acceptors (Lipinski definition) is 7. The molecule has 1 fully saturated rings. The number of para-hydroxylation sites is 1. The summed E-state index contributed by atoms with van der Waals surface area (Å²) in [6.07, 6.45) is 4.47. The van der Waals surface area contributed by atoms with E-state index < -0.39 is 5.54 Å². The number of benzene rings is 2. The second kappa shape index (κ2) is 12.2. The first-order chi connectivity index (χ1) is 21.2. The molecule has 0 unspecified atom stereocenters. The number of hydrogen-bond donors (Lipinski definition) is 3. The molecule has 2 aromatic carbocycles. The summed E-state index contributed by atoms with van der Waals surface area (Å²) in [5, 5.41) is 15.4. The van der Waals surface area contributed by atoms with Crippen molar-refractivity contribution >= 4 is 46.3 Å². The zero-order valence-corrected chi connectivity index (χ0v) is 25.6. The van der Waals surface area contributed by atoms with Crippen LogP contribution >= 0.6 is 11.3 Å². The van der Waals surface area contributed by atoms with Gasteiger partial charge in [-0.2, -0.15) is 0 Å². The SMILES string of the molecule is CC(C)(CO)NC(=O)c1cc2c(s1)-c1ccccc1N(C(=O)c1ccc(NC(=O)c3cccnc3N3CCCC3)cc1)CC2. The number of pyridine rings is 1. The van der Waals surface area contributed by atoms with Gasteiger partial charge >= 0.3 is 0 Å². The second-order valence-corrected chi connectivity index (χ2v) is 12.8. The average Bonchev–Trinajstić information content (AvgIpc) is 3.70. The Morgan fingerprint density at radius 1 is 0.955 bits per heavy atom. The maximum absolute atomic E-state index is 13.8. The van der Waals surface area contributed by atoms with Crippen molar-refractivity contribution in [3.63, 3.8) is 0 Å². The minimum absolute atomic E-state index is 0.142. The molecule has 0 atom stereocenters. The third-order valence-electron chi connectivity index (χ3n) is 8.00. The number of aliphatic hydroxyl groups excluding tert-OH is 1. The van der Waals surface area contributed by atoms with Crippen LogP contribution in [-0.4, -0.2) is 59.6 Å². The minimum atomic E-state index is -0.729. The monoisotopic (exact) mass is 609 g/mol. The highest BCUT2D eigenvalue weighted by molar-refractivity contribution is 7.17. The zero-order chi connectivity index (χ0) is 30.8. The molecule has 226 valence electrons. The number of carbonyl (C=O) groups excluding carboxylic acids is 3. The molecule has 2 aliphatic rings. The number of thiophene rings is 1. The lowest BCUT2D eigenvalue weighted by Crippen LogP contribution is -2.46. The van der Waals surface area contributed by atoms with E-state index in [1.165, 1.54) is 11.3 Å². The molecule has 1 saturated heterocycles. The fraction of sp³-hybridized carbons (Fsp3) is 0.294. The number of rotatable bonds is 7. The van der Waals surface area contributed by atoms with Crippen molar-refractivity contribution in [2.24, 2.45) is 0 Å². The van der Waals surface area contributed by atoms with Crippen LogP contribution in [0.4, 0.5) is 17.2 Å². The molecule has 9 nitrogen and oxygen atoms in total. The molecule has 2 aromatic heterocycles. The van der Waals surface area contributed by atoms with Crippen molar-refractivity contribution in [1.29, 1.82) is 0 Å². The van der Waals surface area contributed by atoms with Gasteiger partial charge in [-0.15, -0.1) is 11.3 Å². The summed E-state index contributed by atoms with van der Waals surface area (Å²) in [7, 11) is 0. The fourth-order valence-electron chi connectivity index (χ4n) is 5.63. The topological polar surface area (TPSA) is 115 Å². The molecule has 0 saturated carbocycles. The maximum Gasteiger partial charge on any atom is 0.261 e. The van der Waals surface area contributed by atoms with Crippen molar-refractivity contribution < 1.29 is 19.5 Å². The number of nitrogens with one attached hydrogen (secondary N) is 2. The van der Waals surface area contributed by atoms with E-state index in [-0.39, 0.29) is 24.3 Å². The molecule has 0 radical (unpaired) electrons. The summed E-state index contributed by atoms with van der Waals surface area (Å²) in [6, 6.07) is 20.1. The van der Waals surface area contributed by atoms with E-state index in [1.807, 2.05) is 30.3 Å². The number of aliphatic hydroxyl groups is 1. The third kappa shape index (κ3) is 5.95. The summed E-state index contributed by atoms with van der Waals surface area (Å²) in [4.78, 5) is 49.9. The van der Waals surface area contributed by atoms with Gasteiger partial charge in [0, 0.05) is 47.5 Å². The van der Waals surface area contributed by atoms with Gasteiger partial charge in [-0.25, -0.2) is 4.98 Å². The van der Waals surface area contributed by atoms with E-state index in [2.05, 4.69) is 20.5 Å². The molecule has 4 aromatic rings. The molecule has 0 bridgehead atoms. The molecule has 10 heteroatoms. The van der Waals surface area contributed by atoms with E-state index in [4.69, 9.17) is 0 Å². The largest absolute Gasteiger partial charge is 0.394 e. The molecule has 3 amide bonds. The minimum Gasteiger partial charge on any atom is -0.394 e. The molecule has 0 spiro atoms. The first-order valence-electron chi connectivity index (χ1n) is 14.8. The predicted molar refractivity (Wildman–Crippen MR) is 174 cm³/mol. The molecule has 6 rings (SSSR count).